The van der Waals surface area contributed by atoms with Crippen molar-refractivity contribution in [1.29, 1.82) is 0 Å². The first-order valence-electron chi connectivity index (χ1n) is 6.76. The van der Waals surface area contributed by atoms with Gasteiger partial charge in [0.05, 0.1) is 5.60 Å². The third-order valence-electron chi connectivity index (χ3n) is 3.94. The summed E-state index contributed by atoms with van der Waals surface area (Å²) in [5.74, 6) is 1.22. The van der Waals surface area contributed by atoms with Crippen molar-refractivity contribution >= 4 is 27.6 Å². The number of nitrogens with one attached hydrogen (secondary N) is 1. The molecular formula is C13H21BrN4O. The van der Waals surface area contributed by atoms with Crippen molar-refractivity contribution in [2.45, 2.75) is 51.2 Å². The van der Waals surface area contributed by atoms with Crippen LogP contribution in [0.1, 0.15) is 39.5 Å². The first kappa shape index (κ1) is 14.5. The summed E-state index contributed by atoms with van der Waals surface area (Å²) in [6.45, 7) is 5.16. The van der Waals surface area contributed by atoms with E-state index >= 15 is 0 Å². The molecule has 3 N–H and O–H groups in total. The molecule has 106 valence electrons. The van der Waals surface area contributed by atoms with Crippen molar-refractivity contribution in [2.75, 3.05) is 17.7 Å². The zero-order chi connectivity index (χ0) is 13.9. The zero-order valence-corrected chi connectivity index (χ0v) is 13.0. The highest BCUT2D eigenvalue weighted by Gasteiger charge is 2.34. The van der Waals surface area contributed by atoms with Crippen molar-refractivity contribution in [1.82, 2.24) is 9.97 Å². The van der Waals surface area contributed by atoms with E-state index in [0.29, 0.717) is 11.9 Å². The van der Waals surface area contributed by atoms with Crippen LogP contribution in [0.15, 0.2) is 10.8 Å². The number of aromatic nitrogens is 2. The van der Waals surface area contributed by atoms with Gasteiger partial charge in [-0.05, 0) is 41.6 Å². The maximum atomic E-state index is 5.98. The van der Waals surface area contributed by atoms with E-state index in [1.165, 1.54) is 6.33 Å². The Morgan fingerprint density at radius 2 is 2.21 bits per heavy atom. The maximum Gasteiger partial charge on any atom is 0.146 e. The van der Waals surface area contributed by atoms with Gasteiger partial charge in [0.2, 0.25) is 0 Å². The molecule has 0 aromatic carbocycles. The van der Waals surface area contributed by atoms with E-state index in [9.17, 15) is 0 Å². The molecule has 0 spiro atoms. The first-order valence-corrected chi connectivity index (χ1v) is 7.56. The van der Waals surface area contributed by atoms with Crippen molar-refractivity contribution < 1.29 is 4.74 Å². The highest BCUT2D eigenvalue weighted by molar-refractivity contribution is 9.10. The van der Waals surface area contributed by atoms with Crippen LogP contribution in [-0.2, 0) is 4.74 Å². The van der Waals surface area contributed by atoms with Gasteiger partial charge in [0.25, 0.3) is 0 Å². The van der Waals surface area contributed by atoms with Crippen molar-refractivity contribution in [2.24, 2.45) is 0 Å². The van der Waals surface area contributed by atoms with Gasteiger partial charge in [-0.2, -0.15) is 0 Å². The number of hydrogen-bond donors (Lipinski definition) is 2. The van der Waals surface area contributed by atoms with Crippen LogP contribution in [0.25, 0.3) is 0 Å². The number of ether oxygens (including phenoxy) is 1. The summed E-state index contributed by atoms with van der Waals surface area (Å²) in [6, 6.07) is 0.360. The zero-order valence-electron chi connectivity index (χ0n) is 11.4. The van der Waals surface area contributed by atoms with E-state index in [1.807, 2.05) is 0 Å². The number of rotatable bonds is 4. The number of halogens is 1. The molecule has 2 heterocycles. The number of nitrogen functional groups attached to an aromatic ring is 1. The topological polar surface area (TPSA) is 73.1 Å². The summed E-state index contributed by atoms with van der Waals surface area (Å²) >= 11 is 3.43. The molecule has 0 aliphatic carbocycles. The first-order chi connectivity index (χ1) is 9.10. The predicted octanol–water partition coefficient (Wildman–Crippen LogP) is 2.97. The molecule has 1 atom stereocenters. The Kier molecular flexibility index (Phi) is 4.62. The SMILES string of the molecule is CCC1(CC)CC(Nc2ncnc(N)c2Br)CCO1. The number of nitrogens with two attached hydrogens (primary N) is 1. The average molecular weight is 329 g/mol. The molecule has 0 saturated carbocycles. The molecule has 1 aromatic rings. The lowest BCUT2D eigenvalue weighted by molar-refractivity contribution is -0.0864. The van der Waals surface area contributed by atoms with E-state index in [4.69, 9.17) is 10.5 Å². The molecule has 1 unspecified atom stereocenters. The van der Waals surface area contributed by atoms with E-state index in [1.54, 1.807) is 0 Å². The van der Waals surface area contributed by atoms with Crippen molar-refractivity contribution in [3.05, 3.63) is 10.8 Å². The summed E-state index contributed by atoms with van der Waals surface area (Å²) < 4.78 is 6.71. The Balaban J connectivity index is 2.09. The lowest BCUT2D eigenvalue weighted by Gasteiger charge is -2.40. The summed E-state index contributed by atoms with van der Waals surface area (Å²) in [5, 5.41) is 3.46. The Morgan fingerprint density at radius 1 is 1.47 bits per heavy atom. The maximum absolute atomic E-state index is 5.98. The van der Waals surface area contributed by atoms with Crippen LogP contribution in [0.2, 0.25) is 0 Å². The monoisotopic (exact) mass is 328 g/mol. The molecule has 0 bridgehead atoms. The molecule has 1 aliphatic rings. The second-order valence-electron chi connectivity index (χ2n) is 4.99. The number of nitrogens with zero attached hydrogens (tertiary/aromatic N) is 2. The van der Waals surface area contributed by atoms with Gasteiger partial charge < -0.3 is 15.8 Å². The summed E-state index contributed by atoms with van der Waals surface area (Å²) in [5.41, 5.74) is 5.77. The molecule has 2 rings (SSSR count). The van der Waals surface area contributed by atoms with E-state index in [-0.39, 0.29) is 5.60 Å². The number of anilines is 2. The molecule has 1 fully saturated rings. The minimum atomic E-state index is 0.000960. The fraction of sp³-hybridized carbons (Fsp3) is 0.692. The molecule has 19 heavy (non-hydrogen) atoms. The minimum Gasteiger partial charge on any atom is -0.383 e. The summed E-state index contributed by atoms with van der Waals surface area (Å²) in [7, 11) is 0. The summed E-state index contributed by atoms with van der Waals surface area (Å²) in [4.78, 5) is 8.19. The van der Waals surface area contributed by atoms with Crippen LogP contribution >= 0.6 is 15.9 Å². The molecule has 1 aromatic heterocycles. The molecule has 5 nitrogen and oxygen atoms in total. The molecule has 0 radical (unpaired) electrons. The Bertz CT molecular complexity index is 437. The second kappa shape index (κ2) is 6.05. The lowest BCUT2D eigenvalue weighted by Crippen LogP contribution is -2.43. The van der Waals surface area contributed by atoms with Crippen LogP contribution in [0.5, 0.6) is 0 Å². The minimum absolute atomic E-state index is 0.000960. The average Bonchev–Trinajstić information content (AvgIpc) is 2.44. The van der Waals surface area contributed by atoms with Gasteiger partial charge >= 0.3 is 0 Å². The molecule has 6 heteroatoms. The predicted molar refractivity (Wildman–Crippen MR) is 80.1 cm³/mol. The third-order valence-corrected chi connectivity index (χ3v) is 4.72. The normalized spacial score (nSPS) is 22.2. The van der Waals surface area contributed by atoms with E-state index in [0.717, 1.165) is 42.6 Å². The fourth-order valence-electron chi connectivity index (χ4n) is 2.57. The fourth-order valence-corrected chi connectivity index (χ4v) is 2.89. The van der Waals surface area contributed by atoms with E-state index < -0.39 is 0 Å². The quantitative estimate of drug-likeness (QED) is 0.888. The Morgan fingerprint density at radius 3 is 2.89 bits per heavy atom. The molecule has 0 amide bonds. The Hall–Kier alpha value is -0.880. The second-order valence-corrected chi connectivity index (χ2v) is 5.79. The van der Waals surface area contributed by atoms with Gasteiger partial charge in [0.15, 0.2) is 0 Å². The van der Waals surface area contributed by atoms with Crippen LogP contribution in [-0.4, -0.2) is 28.2 Å². The van der Waals surface area contributed by atoms with Gasteiger partial charge in [-0.15, -0.1) is 0 Å². The highest BCUT2D eigenvalue weighted by atomic mass is 79.9. The molecule has 1 aliphatic heterocycles. The van der Waals surface area contributed by atoms with Gasteiger partial charge in [-0.1, -0.05) is 13.8 Å². The van der Waals surface area contributed by atoms with Crippen LogP contribution in [0.3, 0.4) is 0 Å². The van der Waals surface area contributed by atoms with Crippen molar-refractivity contribution in [3.8, 4) is 0 Å². The van der Waals surface area contributed by atoms with Crippen LogP contribution < -0.4 is 11.1 Å². The summed E-state index contributed by atoms with van der Waals surface area (Å²) in [6.07, 6.45) is 5.53. The number of hydrogen-bond acceptors (Lipinski definition) is 5. The largest absolute Gasteiger partial charge is 0.383 e. The Labute approximate surface area is 122 Å². The van der Waals surface area contributed by atoms with Crippen LogP contribution in [0, 0.1) is 0 Å². The standard InChI is InChI=1S/C13H21BrN4O/c1-3-13(4-2)7-9(5-6-19-13)18-12-10(14)11(15)16-8-17-12/h8-9H,3-7H2,1-2H3,(H3,15,16,17,18). The molecule has 1 saturated heterocycles. The smallest absolute Gasteiger partial charge is 0.146 e. The highest BCUT2D eigenvalue weighted by Crippen LogP contribution is 2.34. The van der Waals surface area contributed by atoms with Crippen molar-refractivity contribution in [3.63, 3.8) is 0 Å². The van der Waals surface area contributed by atoms with Gasteiger partial charge in [-0.3, -0.25) is 0 Å². The third kappa shape index (κ3) is 3.17. The molecular weight excluding hydrogens is 308 g/mol. The van der Waals surface area contributed by atoms with Gasteiger partial charge in [-0.25, -0.2) is 9.97 Å². The lowest BCUT2D eigenvalue weighted by atomic mass is 9.86. The van der Waals surface area contributed by atoms with Crippen LogP contribution in [0.4, 0.5) is 11.6 Å². The van der Waals surface area contributed by atoms with Gasteiger partial charge in [0.1, 0.15) is 22.4 Å². The van der Waals surface area contributed by atoms with Gasteiger partial charge in [0, 0.05) is 12.6 Å². The van der Waals surface area contributed by atoms with E-state index in [2.05, 4.69) is 45.1 Å².